The molecule has 1 saturated heterocycles. The van der Waals surface area contributed by atoms with Gasteiger partial charge in [-0.15, -0.1) is 0 Å². The standard InChI is InChI=1S/C9H14O6/c1-6-14-4-9(5-15-6,7(10)12-2)8(11)13-3/h6H,4-5H2,1-3H3. The highest BCUT2D eigenvalue weighted by molar-refractivity contribution is 6.00. The van der Waals surface area contributed by atoms with Crippen molar-refractivity contribution in [2.75, 3.05) is 27.4 Å². The van der Waals surface area contributed by atoms with Crippen molar-refractivity contribution in [3.8, 4) is 0 Å². The van der Waals surface area contributed by atoms with E-state index in [4.69, 9.17) is 9.47 Å². The lowest BCUT2D eigenvalue weighted by atomic mass is 9.89. The Morgan fingerprint density at radius 1 is 1.13 bits per heavy atom. The van der Waals surface area contributed by atoms with Crippen LogP contribution in [0.15, 0.2) is 0 Å². The minimum absolute atomic E-state index is 0.0898. The zero-order valence-corrected chi connectivity index (χ0v) is 8.94. The number of carbonyl (C=O) groups excluding carboxylic acids is 2. The van der Waals surface area contributed by atoms with Gasteiger partial charge in [0.05, 0.1) is 27.4 Å². The van der Waals surface area contributed by atoms with E-state index in [9.17, 15) is 9.59 Å². The molecule has 0 N–H and O–H groups in total. The fraction of sp³-hybridized carbons (Fsp3) is 0.778. The number of esters is 2. The fourth-order valence-electron chi connectivity index (χ4n) is 1.32. The van der Waals surface area contributed by atoms with E-state index in [2.05, 4.69) is 9.47 Å². The Morgan fingerprint density at radius 3 is 1.87 bits per heavy atom. The average Bonchev–Trinajstić information content (AvgIpc) is 2.28. The quantitative estimate of drug-likeness (QED) is 0.468. The maximum atomic E-state index is 11.5. The van der Waals surface area contributed by atoms with Gasteiger partial charge < -0.3 is 18.9 Å². The minimum atomic E-state index is -1.49. The van der Waals surface area contributed by atoms with E-state index in [-0.39, 0.29) is 13.2 Å². The molecular formula is C9H14O6. The molecule has 0 unspecified atom stereocenters. The number of ether oxygens (including phenoxy) is 4. The molecule has 0 aliphatic carbocycles. The lowest BCUT2D eigenvalue weighted by molar-refractivity contribution is -0.232. The Morgan fingerprint density at radius 2 is 1.53 bits per heavy atom. The summed E-state index contributed by atoms with van der Waals surface area (Å²) in [5.74, 6) is -1.41. The first-order chi connectivity index (χ1) is 7.06. The summed E-state index contributed by atoms with van der Waals surface area (Å²) in [7, 11) is 2.40. The molecule has 6 nitrogen and oxygen atoms in total. The fourth-order valence-corrected chi connectivity index (χ4v) is 1.32. The third-order valence-corrected chi connectivity index (χ3v) is 2.28. The zero-order valence-electron chi connectivity index (χ0n) is 8.94. The second kappa shape index (κ2) is 4.59. The molecule has 15 heavy (non-hydrogen) atoms. The van der Waals surface area contributed by atoms with Gasteiger partial charge in [0.2, 0.25) is 5.41 Å². The summed E-state index contributed by atoms with van der Waals surface area (Å²) in [6, 6.07) is 0. The third-order valence-electron chi connectivity index (χ3n) is 2.28. The van der Waals surface area contributed by atoms with Crippen molar-refractivity contribution in [2.45, 2.75) is 13.2 Å². The number of rotatable bonds is 2. The maximum absolute atomic E-state index is 11.5. The predicted octanol–water partition coefficient (Wildman–Crippen LogP) is -0.288. The Hall–Kier alpha value is -1.14. The number of carbonyl (C=O) groups is 2. The van der Waals surface area contributed by atoms with Gasteiger partial charge in [-0.2, -0.15) is 0 Å². The summed E-state index contributed by atoms with van der Waals surface area (Å²) in [6.07, 6.45) is -0.438. The lowest BCUT2D eigenvalue weighted by Gasteiger charge is -2.34. The molecule has 0 atom stereocenters. The van der Waals surface area contributed by atoms with Crippen LogP contribution in [-0.2, 0) is 28.5 Å². The summed E-state index contributed by atoms with van der Waals surface area (Å²) >= 11 is 0. The Bertz CT molecular complexity index is 235. The van der Waals surface area contributed by atoms with Gasteiger partial charge in [0.25, 0.3) is 0 Å². The van der Waals surface area contributed by atoms with Gasteiger partial charge in [-0.05, 0) is 6.92 Å². The van der Waals surface area contributed by atoms with E-state index in [0.29, 0.717) is 0 Å². The number of hydrogen-bond donors (Lipinski definition) is 0. The van der Waals surface area contributed by atoms with Crippen molar-refractivity contribution >= 4 is 11.9 Å². The van der Waals surface area contributed by atoms with E-state index < -0.39 is 23.6 Å². The van der Waals surface area contributed by atoms with Gasteiger partial charge in [-0.1, -0.05) is 0 Å². The summed E-state index contributed by atoms with van der Waals surface area (Å²) in [4.78, 5) is 23.0. The van der Waals surface area contributed by atoms with Crippen LogP contribution in [0.5, 0.6) is 0 Å². The molecule has 0 bridgehead atoms. The zero-order chi connectivity index (χ0) is 11.5. The van der Waals surface area contributed by atoms with Crippen molar-refractivity contribution < 1.29 is 28.5 Å². The van der Waals surface area contributed by atoms with Crippen LogP contribution >= 0.6 is 0 Å². The molecule has 1 aliphatic rings. The Kier molecular flexibility index (Phi) is 3.65. The largest absolute Gasteiger partial charge is 0.468 e. The van der Waals surface area contributed by atoms with E-state index in [1.807, 2.05) is 0 Å². The molecule has 0 aromatic carbocycles. The van der Waals surface area contributed by atoms with Crippen LogP contribution < -0.4 is 0 Å². The molecule has 0 aromatic rings. The average molecular weight is 218 g/mol. The molecule has 0 aromatic heterocycles. The van der Waals surface area contributed by atoms with Gasteiger partial charge in [-0.25, -0.2) is 0 Å². The van der Waals surface area contributed by atoms with Crippen molar-refractivity contribution in [3.63, 3.8) is 0 Å². The van der Waals surface area contributed by atoms with Crippen LogP contribution in [0.4, 0.5) is 0 Å². The first-order valence-corrected chi connectivity index (χ1v) is 4.47. The van der Waals surface area contributed by atoms with E-state index in [1.165, 1.54) is 14.2 Å². The van der Waals surface area contributed by atoms with Crippen LogP contribution in [0.1, 0.15) is 6.92 Å². The van der Waals surface area contributed by atoms with Crippen LogP contribution in [0.3, 0.4) is 0 Å². The molecule has 6 heteroatoms. The van der Waals surface area contributed by atoms with Crippen molar-refractivity contribution in [1.29, 1.82) is 0 Å². The van der Waals surface area contributed by atoms with E-state index in [0.717, 1.165) is 0 Å². The van der Waals surface area contributed by atoms with Crippen molar-refractivity contribution in [2.24, 2.45) is 5.41 Å². The van der Waals surface area contributed by atoms with Crippen molar-refractivity contribution in [3.05, 3.63) is 0 Å². The highest BCUT2D eigenvalue weighted by Gasteiger charge is 2.52. The van der Waals surface area contributed by atoms with Gasteiger partial charge in [0.15, 0.2) is 6.29 Å². The van der Waals surface area contributed by atoms with Crippen molar-refractivity contribution in [1.82, 2.24) is 0 Å². The van der Waals surface area contributed by atoms with Crippen LogP contribution in [0.2, 0.25) is 0 Å². The molecule has 1 aliphatic heterocycles. The number of hydrogen-bond acceptors (Lipinski definition) is 6. The summed E-state index contributed by atoms with van der Waals surface area (Å²) in [5, 5.41) is 0. The molecule has 0 radical (unpaired) electrons. The summed E-state index contributed by atoms with van der Waals surface area (Å²) in [6.45, 7) is 1.50. The minimum Gasteiger partial charge on any atom is -0.468 e. The summed E-state index contributed by atoms with van der Waals surface area (Å²) < 4.78 is 19.3. The van der Waals surface area contributed by atoms with E-state index >= 15 is 0 Å². The molecule has 0 spiro atoms. The van der Waals surface area contributed by atoms with Gasteiger partial charge >= 0.3 is 11.9 Å². The molecule has 1 rings (SSSR count). The molecule has 0 amide bonds. The molecule has 0 saturated carbocycles. The predicted molar refractivity (Wildman–Crippen MR) is 47.8 cm³/mol. The molecule has 1 fully saturated rings. The highest BCUT2D eigenvalue weighted by atomic mass is 16.7. The van der Waals surface area contributed by atoms with E-state index in [1.54, 1.807) is 6.92 Å². The first kappa shape index (κ1) is 11.9. The number of methoxy groups -OCH3 is 2. The summed E-state index contributed by atoms with van der Waals surface area (Å²) in [5.41, 5.74) is -1.49. The smallest absolute Gasteiger partial charge is 0.328 e. The molecular weight excluding hydrogens is 204 g/mol. The maximum Gasteiger partial charge on any atom is 0.328 e. The lowest BCUT2D eigenvalue weighted by Crippen LogP contribution is -2.53. The molecule has 1 heterocycles. The Labute approximate surface area is 87.4 Å². The van der Waals surface area contributed by atoms with Gasteiger partial charge in [0.1, 0.15) is 0 Å². The van der Waals surface area contributed by atoms with Crippen LogP contribution in [0.25, 0.3) is 0 Å². The van der Waals surface area contributed by atoms with Gasteiger partial charge in [0, 0.05) is 0 Å². The third kappa shape index (κ3) is 2.10. The highest BCUT2D eigenvalue weighted by Crippen LogP contribution is 2.27. The van der Waals surface area contributed by atoms with Gasteiger partial charge in [-0.3, -0.25) is 9.59 Å². The second-order valence-corrected chi connectivity index (χ2v) is 3.25. The monoisotopic (exact) mass is 218 g/mol. The Balaban J connectivity index is 2.87. The first-order valence-electron chi connectivity index (χ1n) is 4.47. The van der Waals surface area contributed by atoms with Crippen LogP contribution in [-0.4, -0.2) is 45.7 Å². The topological polar surface area (TPSA) is 71.1 Å². The SMILES string of the molecule is COC(=O)C1(C(=O)OC)COC(C)OC1. The second-order valence-electron chi connectivity index (χ2n) is 3.25. The normalized spacial score (nSPS) is 20.7. The molecule has 86 valence electrons. The van der Waals surface area contributed by atoms with Crippen LogP contribution in [0, 0.1) is 5.41 Å².